The van der Waals surface area contributed by atoms with Crippen molar-refractivity contribution in [3.8, 4) is 22.5 Å². The molecule has 1 N–H and O–H groups in total. The summed E-state index contributed by atoms with van der Waals surface area (Å²) in [6.07, 6.45) is 0. The predicted molar refractivity (Wildman–Crippen MR) is 138 cm³/mol. The van der Waals surface area contributed by atoms with Crippen LogP contribution in [0.3, 0.4) is 0 Å². The number of hydrogen-bond acceptors (Lipinski definition) is 6. The highest BCUT2D eigenvalue weighted by atomic mass is 16.2. The van der Waals surface area contributed by atoms with Crippen LogP contribution < -0.4 is 11.2 Å². The molecule has 5 aromatic rings. The van der Waals surface area contributed by atoms with Crippen molar-refractivity contribution in [2.75, 3.05) is 0 Å². The van der Waals surface area contributed by atoms with Gasteiger partial charge in [0.25, 0.3) is 5.56 Å². The standard InChI is InChI=1S/C26H28N8O2/c1-5-32-24-22(25(35)34(26(32)36)14-16(2)3)33(17(4)27-24)15-18-10-12-19(13-11-18)20-8-6-7-9-21(20)23-28-30-31-29-23/h6-13,16H,5,14-15H2,1-4H3,(H,28,29,30,31). The summed E-state index contributed by atoms with van der Waals surface area (Å²) in [5.41, 5.74) is 4.22. The smallest absolute Gasteiger partial charge is 0.318 e. The maximum Gasteiger partial charge on any atom is 0.332 e. The molecule has 3 aromatic heterocycles. The lowest BCUT2D eigenvalue weighted by Gasteiger charge is -2.13. The van der Waals surface area contributed by atoms with Crippen LogP contribution in [0.1, 0.15) is 32.2 Å². The van der Waals surface area contributed by atoms with Crippen LogP contribution in [0.25, 0.3) is 33.7 Å². The Hall–Kier alpha value is -4.34. The maximum atomic E-state index is 13.4. The number of H-pyrrole nitrogens is 1. The number of benzene rings is 2. The highest BCUT2D eigenvalue weighted by molar-refractivity contribution is 5.80. The maximum absolute atomic E-state index is 13.4. The molecule has 0 unspecified atom stereocenters. The van der Waals surface area contributed by atoms with Crippen molar-refractivity contribution in [1.82, 2.24) is 39.3 Å². The lowest BCUT2D eigenvalue weighted by Crippen LogP contribution is -2.41. The van der Waals surface area contributed by atoms with Crippen LogP contribution in [-0.2, 0) is 19.6 Å². The van der Waals surface area contributed by atoms with E-state index in [4.69, 9.17) is 0 Å². The number of aromatic nitrogens is 8. The Morgan fingerprint density at radius 2 is 1.67 bits per heavy atom. The van der Waals surface area contributed by atoms with Gasteiger partial charge >= 0.3 is 5.69 Å². The number of tetrazole rings is 1. The Labute approximate surface area is 207 Å². The third-order valence-electron chi connectivity index (χ3n) is 6.29. The third kappa shape index (κ3) is 4.04. The number of nitrogens with one attached hydrogen (secondary N) is 1. The number of aryl methyl sites for hydroxylation is 2. The van der Waals surface area contributed by atoms with Crippen molar-refractivity contribution in [3.63, 3.8) is 0 Å². The second kappa shape index (κ2) is 9.37. The van der Waals surface area contributed by atoms with Crippen LogP contribution in [0.2, 0.25) is 0 Å². The molecule has 0 saturated carbocycles. The van der Waals surface area contributed by atoms with Crippen LogP contribution in [0.15, 0.2) is 58.1 Å². The van der Waals surface area contributed by atoms with Gasteiger partial charge in [-0.05, 0) is 41.7 Å². The average Bonchev–Trinajstić information content (AvgIpc) is 3.51. The van der Waals surface area contributed by atoms with E-state index in [1.807, 2.05) is 80.8 Å². The molecule has 0 spiro atoms. The first-order chi connectivity index (χ1) is 17.4. The summed E-state index contributed by atoms with van der Waals surface area (Å²) >= 11 is 0. The molecule has 2 aromatic carbocycles. The summed E-state index contributed by atoms with van der Waals surface area (Å²) in [5.74, 6) is 1.39. The molecule has 0 atom stereocenters. The molecule has 36 heavy (non-hydrogen) atoms. The molecule has 184 valence electrons. The molecular weight excluding hydrogens is 456 g/mol. The van der Waals surface area contributed by atoms with Gasteiger partial charge in [-0.2, -0.15) is 5.21 Å². The van der Waals surface area contributed by atoms with Crippen molar-refractivity contribution in [1.29, 1.82) is 0 Å². The van der Waals surface area contributed by atoms with E-state index in [0.717, 1.165) is 22.3 Å². The fraction of sp³-hybridized carbons (Fsp3) is 0.308. The topological polar surface area (TPSA) is 116 Å². The van der Waals surface area contributed by atoms with Crippen molar-refractivity contribution >= 4 is 11.2 Å². The Bertz CT molecular complexity index is 1640. The molecule has 0 aliphatic carbocycles. The third-order valence-corrected chi connectivity index (χ3v) is 6.29. The Balaban J connectivity index is 1.55. The Morgan fingerprint density at radius 1 is 0.944 bits per heavy atom. The van der Waals surface area contributed by atoms with Gasteiger partial charge in [-0.1, -0.05) is 62.4 Å². The monoisotopic (exact) mass is 484 g/mol. The highest BCUT2D eigenvalue weighted by Crippen LogP contribution is 2.30. The van der Waals surface area contributed by atoms with Crippen LogP contribution in [0.4, 0.5) is 0 Å². The first-order valence-electron chi connectivity index (χ1n) is 12.0. The van der Waals surface area contributed by atoms with Crippen LogP contribution in [0.5, 0.6) is 0 Å². The van der Waals surface area contributed by atoms with E-state index < -0.39 is 0 Å². The van der Waals surface area contributed by atoms with E-state index in [1.54, 1.807) is 4.57 Å². The molecule has 5 rings (SSSR count). The van der Waals surface area contributed by atoms with Gasteiger partial charge in [0.15, 0.2) is 11.2 Å². The minimum atomic E-state index is -0.307. The van der Waals surface area contributed by atoms with Gasteiger partial charge in [0, 0.05) is 25.2 Å². The number of imidazole rings is 1. The summed E-state index contributed by atoms with van der Waals surface area (Å²) < 4.78 is 4.83. The fourth-order valence-electron chi connectivity index (χ4n) is 4.58. The molecule has 0 radical (unpaired) electrons. The highest BCUT2D eigenvalue weighted by Gasteiger charge is 2.20. The number of aromatic amines is 1. The van der Waals surface area contributed by atoms with Crippen LogP contribution in [-0.4, -0.2) is 39.3 Å². The van der Waals surface area contributed by atoms with Gasteiger partial charge in [-0.3, -0.25) is 13.9 Å². The molecule has 0 amide bonds. The number of fused-ring (bicyclic) bond motifs is 1. The summed E-state index contributed by atoms with van der Waals surface area (Å²) in [6, 6.07) is 16.1. The van der Waals surface area contributed by atoms with Crippen LogP contribution >= 0.6 is 0 Å². The second-order valence-corrected chi connectivity index (χ2v) is 9.23. The molecule has 0 aliphatic rings. The van der Waals surface area contributed by atoms with Gasteiger partial charge < -0.3 is 4.57 Å². The van der Waals surface area contributed by atoms with Crippen LogP contribution in [0, 0.1) is 12.8 Å². The molecule has 10 heteroatoms. The SMILES string of the molecule is CCn1c(=O)n(CC(C)C)c(=O)c2c1nc(C)n2Cc1ccc(-c2ccccc2-c2nn[nH]n2)cc1. The van der Waals surface area contributed by atoms with Crippen molar-refractivity contribution in [2.24, 2.45) is 5.92 Å². The first-order valence-corrected chi connectivity index (χ1v) is 12.0. The number of nitrogens with zero attached hydrogens (tertiary/aromatic N) is 7. The quantitative estimate of drug-likeness (QED) is 0.379. The number of rotatable bonds is 7. The van der Waals surface area contributed by atoms with Crippen molar-refractivity contribution in [2.45, 2.75) is 47.3 Å². The van der Waals surface area contributed by atoms with E-state index in [9.17, 15) is 9.59 Å². The van der Waals surface area contributed by atoms with Crippen molar-refractivity contribution in [3.05, 3.63) is 80.8 Å². The molecule has 10 nitrogen and oxygen atoms in total. The largest absolute Gasteiger partial charge is 0.332 e. The summed E-state index contributed by atoms with van der Waals surface area (Å²) in [6.45, 7) is 9.02. The zero-order valence-electron chi connectivity index (χ0n) is 20.8. The second-order valence-electron chi connectivity index (χ2n) is 9.23. The van der Waals surface area contributed by atoms with E-state index in [2.05, 4.69) is 25.6 Å². The molecular formula is C26H28N8O2. The van der Waals surface area contributed by atoms with E-state index in [0.29, 0.717) is 42.4 Å². The minimum Gasteiger partial charge on any atom is -0.318 e. The van der Waals surface area contributed by atoms with E-state index in [1.165, 1.54) is 4.57 Å². The number of hydrogen-bond donors (Lipinski definition) is 1. The van der Waals surface area contributed by atoms with Gasteiger partial charge in [-0.15, -0.1) is 10.2 Å². The summed E-state index contributed by atoms with van der Waals surface area (Å²) in [7, 11) is 0. The fourth-order valence-corrected chi connectivity index (χ4v) is 4.58. The van der Waals surface area contributed by atoms with Gasteiger partial charge in [0.05, 0.1) is 0 Å². The normalized spacial score (nSPS) is 11.6. The molecule has 0 saturated heterocycles. The Kier molecular flexibility index (Phi) is 6.09. The van der Waals surface area contributed by atoms with Gasteiger partial charge in [0.1, 0.15) is 5.82 Å². The van der Waals surface area contributed by atoms with E-state index in [-0.39, 0.29) is 17.2 Å². The Morgan fingerprint density at radius 3 is 2.31 bits per heavy atom. The molecule has 3 heterocycles. The minimum absolute atomic E-state index is 0.165. The first kappa shape index (κ1) is 23.4. The zero-order valence-corrected chi connectivity index (χ0v) is 20.8. The lowest BCUT2D eigenvalue weighted by molar-refractivity contribution is 0.477. The van der Waals surface area contributed by atoms with E-state index >= 15 is 0 Å². The van der Waals surface area contributed by atoms with Crippen molar-refractivity contribution < 1.29 is 0 Å². The lowest BCUT2D eigenvalue weighted by atomic mass is 9.98. The molecule has 0 bridgehead atoms. The molecule has 0 fully saturated rings. The summed E-state index contributed by atoms with van der Waals surface area (Å²) in [5, 5.41) is 14.4. The van der Waals surface area contributed by atoms with Gasteiger partial charge in [0.2, 0.25) is 5.82 Å². The zero-order chi connectivity index (χ0) is 25.4. The predicted octanol–water partition coefficient (Wildman–Crippen LogP) is 3.24. The average molecular weight is 485 g/mol. The van der Waals surface area contributed by atoms with Gasteiger partial charge in [-0.25, -0.2) is 9.78 Å². The molecule has 0 aliphatic heterocycles. The summed E-state index contributed by atoms with van der Waals surface area (Å²) in [4.78, 5) is 31.0.